The molecule has 0 spiro atoms. The molecule has 9 heteroatoms. The highest BCUT2D eigenvalue weighted by Gasteiger charge is 2.47. The van der Waals surface area contributed by atoms with Crippen LogP contribution < -0.4 is 4.90 Å². The van der Waals surface area contributed by atoms with Gasteiger partial charge in [0.2, 0.25) is 0 Å². The van der Waals surface area contributed by atoms with E-state index < -0.39 is 30.2 Å². The van der Waals surface area contributed by atoms with E-state index in [1.165, 1.54) is 12.3 Å². The predicted octanol–water partition coefficient (Wildman–Crippen LogP) is 2.10. The second-order valence-electron chi connectivity index (χ2n) is 5.50. The first-order chi connectivity index (χ1) is 10.4. The Morgan fingerprint density at radius 3 is 2.82 bits per heavy atom. The topological polar surface area (TPSA) is 47.4 Å². The summed E-state index contributed by atoms with van der Waals surface area (Å²) in [5.74, 6) is -1.37. The van der Waals surface area contributed by atoms with Crippen LogP contribution in [0.25, 0.3) is 0 Å². The monoisotopic (exact) mass is 321 g/mol. The number of fused-ring (bicyclic) bond motifs is 1. The third-order valence-corrected chi connectivity index (χ3v) is 4.11. The number of nitrogens with zero attached hydrogens (tertiary/aromatic N) is 3. The van der Waals surface area contributed by atoms with Gasteiger partial charge in [-0.15, -0.1) is 0 Å². The molecule has 0 aliphatic carbocycles. The van der Waals surface area contributed by atoms with Gasteiger partial charge in [0.05, 0.1) is 12.8 Å². The number of ether oxygens (including phenoxy) is 1. The average molecular weight is 321 g/mol. The van der Waals surface area contributed by atoms with Crippen molar-refractivity contribution in [2.45, 2.75) is 31.2 Å². The van der Waals surface area contributed by atoms with E-state index in [0.717, 1.165) is 9.58 Å². The molecule has 1 aromatic heterocycles. The third-order valence-electron chi connectivity index (χ3n) is 4.11. The minimum atomic E-state index is -4.45. The Morgan fingerprint density at radius 2 is 2.18 bits per heavy atom. The summed E-state index contributed by atoms with van der Waals surface area (Å²) in [6.07, 6.45) is -4.94. The predicted molar refractivity (Wildman–Crippen MR) is 68.1 cm³/mol. The van der Waals surface area contributed by atoms with Crippen LogP contribution in [0.4, 0.5) is 23.4 Å². The van der Waals surface area contributed by atoms with Gasteiger partial charge >= 0.3 is 6.18 Å². The van der Waals surface area contributed by atoms with E-state index in [-0.39, 0.29) is 25.4 Å². The molecule has 3 rings (SSSR count). The number of rotatable bonds is 2. The van der Waals surface area contributed by atoms with Gasteiger partial charge in [0.15, 0.2) is 12.2 Å². The fourth-order valence-corrected chi connectivity index (χ4v) is 2.91. The Labute approximate surface area is 123 Å². The minimum Gasteiger partial charge on any atom is -0.381 e. The van der Waals surface area contributed by atoms with Gasteiger partial charge < -0.3 is 4.74 Å². The molecule has 0 saturated carbocycles. The molecule has 2 aliphatic heterocycles. The molecule has 3 atom stereocenters. The summed E-state index contributed by atoms with van der Waals surface area (Å²) in [5.41, 5.74) is 0. The van der Waals surface area contributed by atoms with Crippen molar-refractivity contribution in [2.75, 3.05) is 24.7 Å². The number of alkyl halides is 4. The molecular formula is C13H15F4N3O2. The Bertz CT molecular complexity index is 554. The lowest BCUT2D eigenvalue weighted by molar-refractivity contribution is -0.173. The zero-order chi connectivity index (χ0) is 15.9. The highest BCUT2D eigenvalue weighted by atomic mass is 19.4. The summed E-state index contributed by atoms with van der Waals surface area (Å²) in [7, 11) is 0. The molecule has 5 nitrogen and oxygen atoms in total. The number of hydrogen-bond acceptors (Lipinski definition) is 3. The average Bonchev–Trinajstić information content (AvgIpc) is 3.14. The fraction of sp³-hybridized carbons (Fsp3) is 0.692. The van der Waals surface area contributed by atoms with Gasteiger partial charge in [-0.1, -0.05) is 0 Å². The quantitative estimate of drug-likeness (QED) is 0.784. The van der Waals surface area contributed by atoms with Gasteiger partial charge in [0.1, 0.15) is 5.82 Å². The Balaban J connectivity index is 1.82. The smallest absolute Gasteiger partial charge is 0.381 e. The minimum absolute atomic E-state index is 0.0138. The molecule has 122 valence electrons. The van der Waals surface area contributed by atoms with Gasteiger partial charge in [-0.3, -0.25) is 9.69 Å². The lowest BCUT2D eigenvalue weighted by atomic mass is 10.0. The van der Waals surface area contributed by atoms with Gasteiger partial charge in [-0.05, 0) is 12.8 Å². The van der Waals surface area contributed by atoms with Crippen molar-refractivity contribution in [2.24, 2.45) is 5.92 Å². The van der Waals surface area contributed by atoms with Crippen LogP contribution in [0.15, 0.2) is 12.3 Å². The maximum atomic E-state index is 14.3. The summed E-state index contributed by atoms with van der Waals surface area (Å²) in [5, 5.41) is 3.65. The highest BCUT2D eigenvalue weighted by molar-refractivity contribution is 5.96. The summed E-state index contributed by atoms with van der Waals surface area (Å²) < 4.78 is 59.0. The van der Waals surface area contributed by atoms with Crippen molar-refractivity contribution in [3.8, 4) is 0 Å². The van der Waals surface area contributed by atoms with Crippen molar-refractivity contribution < 1.29 is 27.1 Å². The SMILES string of the molecule is O=C(C(F)C1CCOC1)N1CCC(C(F)(F)F)n2nccc21. The molecular weight excluding hydrogens is 306 g/mol. The van der Waals surface area contributed by atoms with Gasteiger partial charge in [-0.25, -0.2) is 9.07 Å². The van der Waals surface area contributed by atoms with Crippen LogP contribution in [0.5, 0.6) is 0 Å². The van der Waals surface area contributed by atoms with E-state index >= 15 is 0 Å². The van der Waals surface area contributed by atoms with Crippen LogP contribution in [0, 0.1) is 5.92 Å². The maximum absolute atomic E-state index is 14.3. The van der Waals surface area contributed by atoms with Crippen LogP contribution in [-0.4, -0.2) is 47.8 Å². The van der Waals surface area contributed by atoms with Crippen molar-refractivity contribution >= 4 is 11.7 Å². The van der Waals surface area contributed by atoms with E-state index in [2.05, 4.69) is 5.10 Å². The second-order valence-corrected chi connectivity index (χ2v) is 5.50. The normalized spacial score (nSPS) is 26.8. The first-order valence-electron chi connectivity index (χ1n) is 7.03. The van der Waals surface area contributed by atoms with E-state index in [9.17, 15) is 22.4 Å². The van der Waals surface area contributed by atoms with Crippen LogP contribution in [0.1, 0.15) is 18.9 Å². The number of anilines is 1. The van der Waals surface area contributed by atoms with Crippen molar-refractivity contribution in [1.82, 2.24) is 9.78 Å². The summed E-state index contributed by atoms with van der Waals surface area (Å²) in [6.45, 7) is 0.375. The lowest BCUT2D eigenvalue weighted by Crippen LogP contribution is -2.47. The summed E-state index contributed by atoms with van der Waals surface area (Å²) in [4.78, 5) is 13.3. The Morgan fingerprint density at radius 1 is 1.41 bits per heavy atom. The van der Waals surface area contributed by atoms with E-state index in [0.29, 0.717) is 13.0 Å². The number of halogens is 4. The molecule has 1 amide bonds. The molecule has 3 unspecified atom stereocenters. The first-order valence-corrected chi connectivity index (χ1v) is 7.03. The number of aromatic nitrogens is 2. The Hall–Kier alpha value is -1.64. The zero-order valence-corrected chi connectivity index (χ0v) is 11.6. The molecule has 0 radical (unpaired) electrons. The molecule has 0 aromatic carbocycles. The molecule has 1 saturated heterocycles. The van der Waals surface area contributed by atoms with Crippen molar-refractivity contribution in [3.05, 3.63) is 12.3 Å². The van der Waals surface area contributed by atoms with Crippen LogP contribution >= 0.6 is 0 Å². The van der Waals surface area contributed by atoms with Gasteiger partial charge in [0, 0.05) is 25.1 Å². The highest BCUT2D eigenvalue weighted by Crippen LogP contribution is 2.39. The molecule has 1 aromatic rings. The first kappa shape index (κ1) is 15.3. The molecule has 0 N–H and O–H groups in total. The van der Waals surface area contributed by atoms with Crippen LogP contribution in [0.3, 0.4) is 0 Å². The second kappa shape index (κ2) is 5.53. The van der Waals surface area contributed by atoms with Crippen LogP contribution in [-0.2, 0) is 9.53 Å². The molecule has 2 aliphatic rings. The van der Waals surface area contributed by atoms with E-state index in [1.54, 1.807) is 0 Å². The standard InChI is InChI=1S/C13H15F4N3O2/c14-11(8-3-6-22-7-8)12(21)19-5-2-9(13(15,16)17)20-10(19)1-4-18-20/h1,4,8-9,11H,2-3,5-7H2. The van der Waals surface area contributed by atoms with Crippen molar-refractivity contribution in [1.29, 1.82) is 0 Å². The summed E-state index contributed by atoms with van der Waals surface area (Å²) >= 11 is 0. The van der Waals surface area contributed by atoms with Gasteiger partial charge in [0.25, 0.3) is 5.91 Å². The fourth-order valence-electron chi connectivity index (χ4n) is 2.91. The van der Waals surface area contributed by atoms with Crippen LogP contribution in [0.2, 0.25) is 0 Å². The Kier molecular flexibility index (Phi) is 3.84. The third kappa shape index (κ3) is 2.57. The van der Waals surface area contributed by atoms with Crippen molar-refractivity contribution in [3.63, 3.8) is 0 Å². The van der Waals surface area contributed by atoms with E-state index in [4.69, 9.17) is 4.74 Å². The maximum Gasteiger partial charge on any atom is 0.410 e. The molecule has 0 bridgehead atoms. The molecule has 3 heterocycles. The number of carbonyl (C=O) groups excluding carboxylic acids is 1. The molecule has 22 heavy (non-hydrogen) atoms. The largest absolute Gasteiger partial charge is 0.410 e. The molecule has 1 fully saturated rings. The zero-order valence-electron chi connectivity index (χ0n) is 11.6. The number of carbonyl (C=O) groups is 1. The lowest BCUT2D eigenvalue weighted by Gasteiger charge is -2.34. The number of hydrogen-bond donors (Lipinski definition) is 0. The van der Waals surface area contributed by atoms with Gasteiger partial charge in [-0.2, -0.15) is 18.3 Å². The number of amides is 1. The van der Waals surface area contributed by atoms with E-state index in [1.807, 2.05) is 0 Å². The summed E-state index contributed by atoms with van der Waals surface area (Å²) in [6, 6.07) is -0.484.